The summed E-state index contributed by atoms with van der Waals surface area (Å²) in [6.45, 7) is 2.02. The van der Waals surface area contributed by atoms with Crippen molar-refractivity contribution >= 4 is 39.0 Å². The molecule has 1 aromatic carbocycles. The van der Waals surface area contributed by atoms with Crippen LogP contribution in [-0.4, -0.2) is 24.2 Å². The SMILES string of the molecule is COc1ccc(-c2c(C)sc3nc(Cl)nc(N)c23)cc1OC. The Morgan fingerprint density at radius 2 is 1.86 bits per heavy atom. The molecule has 2 heterocycles. The molecule has 0 radical (unpaired) electrons. The van der Waals surface area contributed by atoms with E-state index in [1.54, 1.807) is 14.2 Å². The van der Waals surface area contributed by atoms with Crippen LogP contribution >= 0.6 is 22.9 Å². The average molecular weight is 336 g/mol. The molecule has 0 saturated carbocycles. The summed E-state index contributed by atoms with van der Waals surface area (Å²) in [6.07, 6.45) is 0. The molecule has 114 valence electrons. The number of nitrogen functional groups attached to an aromatic ring is 1. The third-order valence-electron chi connectivity index (χ3n) is 3.40. The van der Waals surface area contributed by atoms with Gasteiger partial charge >= 0.3 is 0 Å². The minimum absolute atomic E-state index is 0.158. The first-order valence-electron chi connectivity index (χ1n) is 6.49. The number of rotatable bonds is 3. The van der Waals surface area contributed by atoms with E-state index in [2.05, 4.69) is 9.97 Å². The molecule has 2 N–H and O–H groups in total. The minimum atomic E-state index is 0.158. The Balaban J connectivity index is 2.28. The van der Waals surface area contributed by atoms with Crippen LogP contribution in [0, 0.1) is 6.92 Å². The van der Waals surface area contributed by atoms with Gasteiger partial charge in [-0.3, -0.25) is 0 Å². The molecule has 0 aliphatic rings. The maximum Gasteiger partial charge on any atom is 0.225 e. The molecule has 3 rings (SSSR count). The predicted molar refractivity (Wildman–Crippen MR) is 90.1 cm³/mol. The molecule has 3 aromatic rings. The van der Waals surface area contributed by atoms with Crippen molar-refractivity contribution in [2.45, 2.75) is 6.92 Å². The van der Waals surface area contributed by atoms with Crippen molar-refractivity contribution in [1.82, 2.24) is 9.97 Å². The number of hydrogen-bond acceptors (Lipinski definition) is 6. The fourth-order valence-corrected chi connectivity index (χ4v) is 3.73. The average Bonchev–Trinajstić information content (AvgIpc) is 2.82. The Morgan fingerprint density at radius 3 is 2.55 bits per heavy atom. The molecule has 2 aromatic heterocycles. The molecule has 0 amide bonds. The largest absolute Gasteiger partial charge is 0.493 e. The Morgan fingerprint density at radius 1 is 1.14 bits per heavy atom. The smallest absolute Gasteiger partial charge is 0.225 e. The second kappa shape index (κ2) is 5.62. The quantitative estimate of drug-likeness (QED) is 0.734. The number of nitrogens with zero attached hydrogens (tertiary/aromatic N) is 2. The topological polar surface area (TPSA) is 70.3 Å². The first kappa shape index (κ1) is 14.9. The normalized spacial score (nSPS) is 10.9. The fourth-order valence-electron chi connectivity index (χ4n) is 2.45. The summed E-state index contributed by atoms with van der Waals surface area (Å²) in [5.41, 5.74) is 8.02. The second-order valence-corrected chi connectivity index (χ2v) is 6.20. The van der Waals surface area contributed by atoms with E-state index in [0.29, 0.717) is 17.3 Å². The molecular weight excluding hydrogens is 322 g/mol. The number of halogens is 1. The molecule has 22 heavy (non-hydrogen) atoms. The van der Waals surface area contributed by atoms with E-state index in [1.807, 2.05) is 25.1 Å². The zero-order valence-electron chi connectivity index (χ0n) is 12.3. The van der Waals surface area contributed by atoms with E-state index in [0.717, 1.165) is 26.2 Å². The van der Waals surface area contributed by atoms with Crippen LogP contribution in [0.1, 0.15) is 4.88 Å². The number of ether oxygens (including phenoxy) is 2. The third-order valence-corrected chi connectivity index (χ3v) is 4.57. The van der Waals surface area contributed by atoms with E-state index < -0.39 is 0 Å². The van der Waals surface area contributed by atoms with Crippen LogP contribution in [0.3, 0.4) is 0 Å². The van der Waals surface area contributed by atoms with E-state index in [-0.39, 0.29) is 5.28 Å². The summed E-state index contributed by atoms with van der Waals surface area (Å²) in [7, 11) is 3.22. The van der Waals surface area contributed by atoms with Gasteiger partial charge in [-0.2, -0.15) is 0 Å². The number of nitrogens with two attached hydrogens (primary N) is 1. The van der Waals surface area contributed by atoms with Crippen molar-refractivity contribution in [2.75, 3.05) is 20.0 Å². The number of thiophene rings is 1. The predicted octanol–water partition coefficient (Wildman–Crippen LogP) is 3.92. The lowest BCUT2D eigenvalue weighted by molar-refractivity contribution is 0.355. The lowest BCUT2D eigenvalue weighted by Gasteiger charge is -2.10. The maximum absolute atomic E-state index is 6.05. The summed E-state index contributed by atoms with van der Waals surface area (Å²) in [6, 6.07) is 5.75. The van der Waals surface area contributed by atoms with E-state index >= 15 is 0 Å². The molecule has 0 aliphatic heterocycles. The van der Waals surface area contributed by atoms with E-state index in [9.17, 15) is 0 Å². The van der Waals surface area contributed by atoms with Crippen LogP contribution < -0.4 is 15.2 Å². The van der Waals surface area contributed by atoms with Gasteiger partial charge in [0.05, 0.1) is 19.6 Å². The number of benzene rings is 1. The highest BCUT2D eigenvalue weighted by atomic mass is 35.5. The highest BCUT2D eigenvalue weighted by Gasteiger charge is 2.18. The number of aryl methyl sites for hydroxylation is 1. The molecule has 0 spiro atoms. The number of aromatic nitrogens is 2. The van der Waals surface area contributed by atoms with Gasteiger partial charge < -0.3 is 15.2 Å². The molecule has 0 aliphatic carbocycles. The van der Waals surface area contributed by atoms with Gasteiger partial charge in [-0.15, -0.1) is 11.3 Å². The van der Waals surface area contributed by atoms with Gasteiger partial charge in [0.25, 0.3) is 0 Å². The van der Waals surface area contributed by atoms with Crippen molar-refractivity contribution in [3.63, 3.8) is 0 Å². The van der Waals surface area contributed by atoms with Crippen LogP contribution in [0.5, 0.6) is 11.5 Å². The van der Waals surface area contributed by atoms with Gasteiger partial charge in [0.1, 0.15) is 10.6 Å². The summed E-state index contributed by atoms with van der Waals surface area (Å²) in [5.74, 6) is 1.71. The maximum atomic E-state index is 6.05. The Bertz CT molecular complexity index is 864. The van der Waals surface area contributed by atoms with Gasteiger partial charge in [0.2, 0.25) is 5.28 Å². The lowest BCUT2D eigenvalue weighted by Crippen LogP contribution is -1.95. The number of anilines is 1. The van der Waals surface area contributed by atoms with Gasteiger partial charge in [0, 0.05) is 10.4 Å². The summed E-state index contributed by atoms with van der Waals surface area (Å²) in [4.78, 5) is 10.2. The lowest BCUT2D eigenvalue weighted by atomic mass is 10.0. The summed E-state index contributed by atoms with van der Waals surface area (Å²) >= 11 is 7.42. The molecular formula is C15H14ClN3O2S. The van der Waals surface area contributed by atoms with Crippen molar-refractivity contribution in [3.05, 3.63) is 28.4 Å². The van der Waals surface area contributed by atoms with Gasteiger partial charge in [-0.05, 0) is 36.2 Å². The highest BCUT2D eigenvalue weighted by Crippen LogP contribution is 2.42. The van der Waals surface area contributed by atoms with Crippen molar-refractivity contribution < 1.29 is 9.47 Å². The van der Waals surface area contributed by atoms with Crippen molar-refractivity contribution in [2.24, 2.45) is 0 Å². The van der Waals surface area contributed by atoms with Crippen molar-refractivity contribution in [3.8, 4) is 22.6 Å². The molecule has 0 atom stereocenters. The third kappa shape index (κ3) is 2.34. The zero-order chi connectivity index (χ0) is 15.9. The number of methoxy groups -OCH3 is 2. The molecule has 0 saturated heterocycles. The monoisotopic (exact) mass is 335 g/mol. The first-order chi connectivity index (χ1) is 10.5. The molecule has 5 nitrogen and oxygen atoms in total. The van der Waals surface area contributed by atoms with Gasteiger partial charge in [-0.1, -0.05) is 6.07 Å². The van der Waals surface area contributed by atoms with Crippen LogP contribution in [0.15, 0.2) is 18.2 Å². The number of fused-ring (bicyclic) bond motifs is 1. The first-order valence-corrected chi connectivity index (χ1v) is 7.69. The number of hydrogen-bond donors (Lipinski definition) is 1. The standard InChI is InChI=1S/C15H14ClN3O2S/c1-7-11(8-4-5-9(20-2)10(6-8)21-3)12-13(17)18-15(16)19-14(12)22-7/h4-6H,1-3H3,(H2,17,18,19). The molecule has 7 heteroatoms. The summed E-state index contributed by atoms with van der Waals surface area (Å²) < 4.78 is 10.6. The van der Waals surface area contributed by atoms with Crippen LogP contribution in [0.25, 0.3) is 21.3 Å². The van der Waals surface area contributed by atoms with Crippen LogP contribution in [0.4, 0.5) is 5.82 Å². The molecule has 0 bridgehead atoms. The second-order valence-electron chi connectivity index (χ2n) is 4.66. The highest BCUT2D eigenvalue weighted by molar-refractivity contribution is 7.19. The van der Waals surface area contributed by atoms with Crippen LogP contribution in [0.2, 0.25) is 5.28 Å². The zero-order valence-corrected chi connectivity index (χ0v) is 13.9. The van der Waals surface area contributed by atoms with E-state index in [4.69, 9.17) is 26.8 Å². The fraction of sp³-hybridized carbons (Fsp3) is 0.200. The Labute approximate surface area is 136 Å². The Hall–Kier alpha value is -2.05. The minimum Gasteiger partial charge on any atom is -0.493 e. The summed E-state index contributed by atoms with van der Waals surface area (Å²) in [5, 5.41) is 0.976. The van der Waals surface area contributed by atoms with Gasteiger partial charge in [-0.25, -0.2) is 9.97 Å². The van der Waals surface area contributed by atoms with Gasteiger partial charge in [0.15, 0.2) is 11.5 Å². The molecule has 0 fully saturated rings. The Kier molecular flexibility index (Phi) is 3.80. The molecule has 0 unspecified atom stereocenters. The van der Waals surface area contributed by atoms with Crippen molar-refractivity contribution in [1.29, 1.82) is 0 Å². The van der Waals surface area contributed by atoms with Crippen LogP contribution in [-0.2, 0) is 0 Å². The van der Waals surface area contributed by atoms with E-state index in [1.165, 1.54) is 11.3 Å².